The van der Waals surface area contributed by atoms with Gasteiger partial charge in [0, 0.05) is 5.75 Å². The molecule has 1 unspecified atom stereocenters. The maximum atomic E-state index is 10.8. The molecule has 100 valence electrons. The van der Waals surface area contributed by atoms with E-state index in [2.05, 4.69) is 0 Å². The molecule has 1 rings (SSSR count). The van der Waals surface area contributed by atoms with Crippen LogP contribution in [0, 0.1) is 0 Å². The largest absolute Gasteiger partial charge is 0.490 e. The Morgan fingerprint density at radius 3 is 2.56 bits per heavy atom. The van der Waals surface area contributed by atoms with Gasteiger partial charge in [0.05, 0.1) is 16.7 Å². The minimum Gasteiger partial charge on any atom is -0.490 e. The molecule has 0 spiro atoms. The maximum Gasteiger partial charge on any atom is 0.316 e. The topological polar surface area (TPSA) is 46.5 Å². The quantitative estimate of drug-likeness (QED) is 0.774. The molecule has 1 N–H and O–H groups in total. The summed E-state index contributed by atoms with van der Waals surface area (Å²) in [7, 11) is 0. The molecule has 0 aliphatic carbocycles. The number of aliphatic carboxylic acids is 1. The molecule has 6 heteroatoms. The first-order chi connectivity index (χ1) is 8.56. The fourth-order valence-electron chi connectivity index (χ4n) is 1.32. The summed E-state index contributed by atoms with van der Waals surface area (Å²) in [6.45, 7) is 2.22. The van der Waals surface area contributed by atoms with Gasteiger partial charge < -0.3 is 9.84 Å². The van der Waals surface area contributed by atoms with Gasteiger partial charge >= 0.3 is 5.97 Å². The van der Waals surface area contributed by atoms with Crippen LogP contribution in [0.1, 0.15) is 13.3 Å². The molecule has 0 aliphatic rings. The lowest BCUT2D eigenvalue weighted by Gasteiger charge is -2.11. The summed E-state index contributed by atoms with van der Waals surface area (Å²) in [4.78, 5) is 10.8. The zero-order valence-electron chi connectivity index (χ0n) is 9.86. The lowest BCUT2D eigenvalue weighted by Crippen LogP contribution is -2.17. The number of hydrogen-bond acceptors (Lipinski definition) is 3. The number of ether oxygens (including phenoxy) is 1. The molecule has 0 aromatic heterocycles. The van der Waals surface area contributed by atoms with Crippen LogP contribution in [-0.2, 0) is 4.79 Å². The fraction of sp³-hybridized carbons (Fsp3) is 0.417. The first-order valence-electron chi connectivity index (χ1n) is 5.47. The number of para-hydroxylation sites is 1. The van der Waals surface area contributed by atoms with Gasteiger partial charge in [-0.3, -0.25) is 4.79 Å². The van der Waals surface area contributed by atoms with Gasteiger partial charge in [-0.25, -0.2) is 0 Å². The van der Waals surface area contributed by atoms with Crippen LogP contribution in [0.2, 0.25) is 10.0 Å². The van der Waals surface area contributed by atoms with Crippen molar-refractivity contribution in [3.8, 4) is 5.75 Å². The standard InChI is InChI=1S/C12H14Cl2O3S/c1-2-10(12(15)16)18-7-6-17-11-8(13)4-3-5-9(11)14/h3-5,10H,2,6-7H2,1H3,(H,15,16). The van der Waals surface area contributed by atoms with Crippen molar-refractivity contribution in [3.05, 3.63) is 28.2 Å². The van der Waals surface area contributed by atoms with E-state index in [1.807, 2.05) is 6.92 Å². The van der Waals surface area contributed by atoms with Crippen LogP contribution in [0.15, 0.2) is 18.2 Å². The van der Waals surface area contributed by atoms with E-state index in [9.17, 15) is 4.79 Å². The number of rotatable bonds is 7. The predicted molar refractivity (Wildman–Crippen MR) is 76.1 cm³/mol. The number of carboxylic acid groups (broad SMARTS) is 1. The number of halogens is 2. The van der Waals surface area contributed by atoms with Crippen LogP contribution in [0.25, 0.3) is 0 Å². The lowest BCUT2D eigenvalue weighted by molar-refractivity contribution is -0.136. The van der Waals surface area contributed by atoms with Crippen LogP contribution < -0.4 is 4.74 Å². The minimum absolute atomic E-state index is 0.373. The van der Waals surface area contributed by atoms with Crippen molar-refractivity contribution in [2.45, 2.75) is 18.6 Å². The van der Waals surface area contributed by atoms with E-state index in [0.717, 1.165) is 0 Å². The highest BCUT2D eigenvalue weighted by atomic mass is 35.5. The average molecular weight is 309 g/mol. The molecule has 0 heterocycles. The van der Waals surface area contributed by atoms with Crippen LogP contribution in [0.4, 0.5) is 0 Å². The van der Waals surface area contributed by atoms with Gasteiger partial charge in [-0.1, -0.05) is 36.2 Å². The Morgan fingerprint density at radius 2 is 2.06 bits per heavy atom. The fourth-order valence-corrected chi connectivity index (χ4v) is 2.67. The predicted octanol–water partition coefficient (Wildman–Crippen LogP) is 3.97. The van der Waals surface area contributed by atoms with Crippen LogP contribution in [-0.4, -0.2) is 28.7 Å². The molecular formula is C12H14Cl2O3S. The molecule has 3 nitrogen and oxygen atoms in total. The van der Waals surface area contributed by atoms with Gasteiger partial charge in [0.1, 0.15) is 5.25 Å². The Morgan fingerprint density at radius 1 is 1.44 bits per heavy atom. The molecule has 0 saturated heterocycles. The highest BCUT2D eigenvalue weighted by Gasteiger charge is 2.15. The van der Waals surface area contributed by atoms with Crippen LogP contribution >= 0.6 is 35.0 Å². The molecule has 18 heavy (non-hydrogen) atoms. The van der Waals surface area contributed by atoms with Crippen LogP contribution in [0.5, 0.6) is 5.75 Å². The zero-order valence-corrected chi connectivity index (χ0v) is 12.2. The second-order valence-electron chi connectivity index (χ2n) is 3.51. The third-order valence-corrected chi connectivity index (χ3v) is 4.15. The van der Waals surface area contributed by atoms with Crippen molar-refractivity contribution >= 4 is 40.9 Å². The van der Waals surface area contributed by atoms with Gasteiger partial charge in [-0.2, -0.15) is 0 Å². The molecule has 1 aromatic carbocycles. The minimum atomic E-state index is -0.793. The lowest BCUT2D eigenvalue weighted by atomic mass is 10.3. The van der Waals surface area contributed by atoms with Gasteiger partial charge in [0.2, 0.25) is 0 Å². The third-order valence-electron chi connectivity index (χ3n) is 2.21. The Labute approximate surface area is 120 Å². The number of hydrogen-bond donors (Lipinski definition) is 1. The van der Waals surface area contributed by atoms with E-state index in [1.54, 1.807) is 18.2 Å². The van der Waals surface area contributed by atoms with Crippen molar-refractivity contribution in [1.29, 1.82) is 0 Å². The van der Waals surface area contributed by atoms with Crippen LogP contribution in [0.3, 0.4) is 0 Å². The summed E-state index contributed by atoms with van der Waals surface area (Å²) in [5.41, 5.74) is 0. The highest BCUT2D eigenvalue weighted by molar-refractivity contribution is 8.00. The van der Waals surface area contributed by atoms with Gasteiger partial charge in [0.15, 0.2) is 5.75 Å². The Balaban J connectivity index is 2.40. The van der Waals surface area contributed by atoms with E-state index >= 15 is 0 Å². The SMILES string of the molecule is CCC(SCCOc1c(Cl)cccc1Cl)C(=O)O. The van der Waals surface area contributed by atoms with E-state index < -0.39 is 11.2 Å². The summed E-state index contributed by atoms with van der Waals surface area (Å²) >= 11 is 13.2. The molecule has 1 atom stereocenters. The van der Waals surface area contributed by atoms with E-state index in [-0.39, 0.29) is 0 Å². The summed E-state index contributed by atoms with van der Waals surface area (Å²) in [6.07, 6.45) is 0.590. The number of carboxylic acids is 1. The molecule has 0 radical (unpaired) electrons. The molecule has 0 amide bonds. The molecule has 0 fully saturated rings. The molecule has 0 saturated carbocycles. The third kappa shape index (κ3) is 4.59. The average Bonchev–Trinajstić information content (AvgIpc) is 2.31. The summed E-state index contributed by atoms with van der Waals surface area (Å²) in [5, 5.41) is 9.39. The van der Waals surface area contributed by atoms with Gasteiger partial charge in [-0.05, 0) is 18.6 Å². The van der Waals surface area contributed by atoms with E-state index in [0.29, 0.717) is 34.6 Å². The smallest absolute Gasteiger partial charge is 0.316 e. The summed E-state index contributed by atoms with van der Waals surface area (Å²) < 4.78 is 5.46. The second kappa shape index (κ2) is 7.77. The number of benzene rings is 1. The normalized spacial score (nSPS) is 12.2. The van der Waals surface area contributed by atoms with Gasteiger partial charge in [0.25, 0.3) is 0 Å². The van der Waals surface area contributed by atoms with E-state index in [1.165, 1.54) is 11.8 Å². The van der Waals surface area contributed by atoms with E-state index in [4.69, 9.17) is 33.0 Å². The Hall–Kier alpha value is -0.580. The number of thioether (sulfide) groups is 1. The molecule has 0 bridgehead atoms. The number of carbonyl (C=O) groups is 1. The highest BCUT2D eigenvalue weighted by Crippen LogP contribution is 2.32. The molecule has 1 aromatic rings. The Kier molecular flexibility index (Phi) is 6.68. The van der Waals surface area contributed by atoms with Crippen molar-refractivity contribution < 1.29 is 14.6 Å². The first kappa shape index (κ1) is 15.5. The van der Waals surface area contributed by atoms with Crippen molar-refractivity contribution in [2.24, 2.45) is 0 Å². The second-order valence-corrected chi connectivity index (χ2v) is 5.63. The monoisotopic (exact) mass is 308 g/mol. The molecule has 0 aliphatic heterocycles. The van der Waals surface area contributed by atoms with Crippen molar-refractivity contribution in [2.75, 3.05) is 12.4 Å². The Bertz CT molecular complexity index is 392. The van der Waals surface area contributed by atoms with Crippen molar-refractivity contribution in [3.63, 3.8) is 0 Å². The van der Waals surface area contributed by atoms with Crippen molar-refractivity contribution in [1.82, 2.24) is 0 Å². The first-order valence-corrected chi connectivity index (χ1v) is 7.28. The maximum absolute atomic E-state index is 10.8. The summed E-state index contributed by atoms with van der Waals surface area (Å²) in [6, 6.07) is 5.13. The summed E-state index contributed by atoms with van der Waals surface area (Å²) in [5.74, 6) is 0.231. The zero-order chi connectivity index (χ0) is 13.5. The van der Waals surface area contributed by atoms with Gasteiger partial charge in [-0.15, -0.1) is 11.8 Å². The molecular weight excluding hydrogens is 295 g/mol.